The van der Waals surface area contributed by atoms with Gasteiger partial charge in [-0.1, -0.05) is 12.1 Å². The molecule has 0 saturated carbocycles. The Kier molecular flexibility index (Phi) is 12.7. The first-order valence-electron chi connectivity index (χ1n) is 9.68. The number of halogens is 1. The highest BCUT2D eigenvalue weighted by Crippen LogP contribution is 2.29. The number of hydrogen-bond acceptors (Lipinski definition) is 5. The molecule has 0 aliphatic rings. The summed E-state index contributed by atoms with van der Waals surface area (Å²) in [5.41, 5.74) is 1.93. The fourth-order valence-corrected chi connectivity index (χ4v) is 2.66. The van der Waals surface area contributed by atoms with Crippen LogP contribution >= 0.6 is 24.0 Å². The summed E-state index contributed by atoms with van der Waals surface area (Å²) in [5.74, 6) is 2.87. The molecular formula is C22H32IN3O4. The van der Waals surface area contributed by atoms with Crippen LogP contribution in [0.3, 0.4) is 0 Å². The molecule has 0 spiro atoms. The first-order valence-corrected chi connectivity index (χ1v) is 9.68. The Hall–Kier alpha value is -2.20. The smallest absolute Gasteiger partial charge is 0.196 e. The highest BCUT2D eigenvalue weighted by molar-refractivity contribution is 14.0. The Labute approximate surface area is 196 Å². The van der Waals surface area contributed by atoms with Gasteiger partial charge < -0.3 is 29.6 Å². The van der Waals surface area contributed by atoms with Crippen LogP contribution in [0.25, 0.3) is 0 Å². The van der Waals surface area contributed by atoms with E-state index in [9.17, 15) is 0 Å². The third-order valence-corrected chi connectivity index (χ3v) is 4.07. The number of rotatable bonds is 11. The maximum absolute atomic E-state index is 5.76. The monoisotopic (exact) mass is 529 g/mol. The second-order valence-electron chi connectivity index (χ2n) is 6.23. The van der Waals surface area contributed by atoms with Gasteiger partial charge in [0.1, 0.15) is 5.75 Å². The molecule has 8 heteroatoms. The van der Waals surface area contributed by atoms with Gasteiger partial charge >= 0.3 is 0 Å². The summed E-state index contributed by atoms with van der Waals surface area (Å²) in [6.07, 6.45) is 0.860. The predicted molar refractivity (Wildman–Crippen MR) is 132 cm³/mol. The minimum Gasteiger partial charge on any atom is -0.493 e. The van der Waals surface area contributed by atoms with Crippen molar-refractivity contribution in [1.29, 1.82) is 0 Å². The fraction of sp³-hybridized carbons (Fsp3) is 0.409. The van der Waals surface area contributed by atoms with E-state index in [1.807, 2.05) is 49.4 Å². The predicted octanol–water partition coefficient (Wildman–Crippen LogP) is 4.31. The maximum Gasteiger partial charge on any atom is 0.196 e. The van der Waals surface area contributed by atoms with Gasteiger partial charge in [0.05, 0.1) is 27.4 Å². The summed E-state index contributed by atoms with van der Waals surface area (Å²) in [7, 11) is 4.92. The van der Waals surface area contributed by atoms with Crippen molar-refractivity contribution in [3.63, 3.8) is 0 Å². The molecule has 0 bridgehead atoms. The van der Waals surface area contributed by atoms with E-state index in [0.29, 0.717) is 37.2 Å². The molecule has 2 aromatic rings. The first-order chi connectivity index (χ1) is 14.2. The zero-order valence-corrected chi connectivity index (χ0v) is 20.4. The van der Waals surface area contributed by atoms with Crippen LogP contribution in [-0.2, 0) is 11.3 Å². The Morgan fingerprint density at radius 1 is 0.967 bits per heavy atom. The average molecular weight is 529 g/mol. The summed E-state index contributed by atoms with van der Waals surface area (Å²) in [6, 6.07) is 13.6. The van der Waals surface area contributed by atoms with Crippen molar-refractivity contribution in [3.8, 4) is 17.2 Å². The standard InChI is InChI=1S/C22H31N3O4.HI/c1-5-23-22(25-18-10-11-20(27-3)21(15-18)28-4)24-16-17-8-6-9-19(14-17)29-13-7-12-26-2;/h6,8-11,14-15H,5,7,12-13,16H2,1-4H3,(H2,23,24,25);1H. The molecule has 0 heterocycles. The van der Waals surface area contributed by atoms with Crippen LogP contribution in [-0.4, -0.2) is 47.0 Å². The molecule has 2 N–H and O–H groups in total. The van der Waals surface area contributed by atoms with E-state index in [1.165, 1.54) is 0 Å². The van der Waals surface area contributed by atoms with Gasteiger partial charge in [0, 0.05) is 38.4 Å². The Balaban J connectivity index is 0.00000450. The maximum atomic E-state index is 5.76. The van der Waals surface area contributed by atoms with Crippen molar-refractivity contribution in [1.82, 2.24) is 5.32 Å². The molecule has 0 fully saturated rings. The fourth-order valence-electron chi connectivity index (χ4n) is 2.66. The normalized spacial score (nSPS) is 10.7. The quantitative estimate of drug-likeness (QED) is 0.196. The number of aliphatic imine (C=N–C) groups is 1. The molecule has 7 nitrogen and oxygen atoms in total. The molecule has 0 aliphatic heterocycles. The average Bonchev–Trinajstić information content (AvgIpc) is 2.75. The molecule has 0 amide bonds. The molecule has 2 rings (SSSR count). The van der Waals surface area contributed by atoms with E-state index >= 15 is 0 Å². The topological polar surface area (TPSA) is 73.3 Å². The van der Waals surface area contributed by atoms with E-state index < -0.39 is 0 Å². The van der Waals surface area contributed by atoms with Crippen LogP contribution in [0.2, 0.25) is 0 Å². The summed E-state index contributed by atoms with van der Waals surface area (Å²) in [5, 5.41) is 6.55. The first kappa shape index (κ1) is 25.8. The van der Waals surface area contributed by atoms with Crippen molar-refractivity contribution in [2.24, 2.45) is 4.99 Å². The lowest BCUT2D eigenvalue weighted by molar-refractivity contribution is 0.172. The van der Waals surface area contributed by atoms with Gasteiger partial charge in [0.25, 0.3) is 0 Å². The molecule has 0 aromatic heterocycles. The lowest BCUT2D eigenvalue weighted by Crippen LogP contribution is -2.30. The van der Waals surface area contributed by atoms with Gasteiger partial charge in [0.15, 0.2) is 17.5 Å². The number of guanidine groups is 1. The number of nitrogens with one attached hydrogen (secondary N) is 2. The van der Waals surface area contributed by atoms with Crippen molar-refractivity contribution in [3.05, 3.63) is 48.0 Å². The molecule has 0 radical (unpaired) electrons. The molecular weight excluding hydrogens is 497 g/mol. The van der Waals surface area contributed by atoms with Gasteiger partial charge in [-0.3, -0.25) is 0 Å². The number of benzene rings is 2. The van der Waals surface area contributed by atoms with Crippen LogP contribution in [0.4, 0.5) is 5.69 Å². The molecule has 0 saturated heterocycles. The van der Waals surface area contributed by atoms with Gasteiger partial charge in [-0.25, -0.2) is 4.99 Å². The zero-order chi connectivity index (χ0) is 20.9. The van der Waals surface area contributed by atoms with Crippen molar-refractivity contribution in [2.45, 2.75) is 19.9 Å². The van der Waals surface area contributed by atoms with Gasteiger partial charge in [-0.15, -0.1) is 24.0 Å². The van der Waals surface area contributed by atoms with Crippen LogP contribution in [0.1, 0.15) is 18.9 Å². The number of anilines is 1. The number of methoxy groups -OCH3 is 3. The van der Waals surface area contributed by atoms with E-state index in [-0.39, 0.29) is 24.0 Å². The molecule has 2 aromatic carbocycles. The van der Waals surface area contributed by atoms with E-state index in [2.05, 4.69) is 15.6 Å². The lowest BCUT2D eigenvalue weighted by atomic mass is 10.2. The largest absolute Gasteiger partial charge is 0.493 e. The van der Waals surface area contributed by atoms with Gasteiger partial charge in [-0.2, -0.15) is 0 Å². The minimum absolute atomic E-state index is 0. The van der Waals surface area contributed by atoms with Crippen LogP contribution in [0, 0.1) is 0 Å². The lowest BCUT2D eigenvalue weighted by Gasteiger charge is -2.14. The van der Waals surface area contributed by atoms with E-state index in [4.69, 9.17) is 18.9 Å². The van der Waals surface area contributed by atoms with Crippen LogP contribution in [0.15, 0.2) is 47.5 Å². The zero-order valence-electron chi connectivity index (χ0n) is 18.1. The molecule has 0 atom stereocenters. The summed E-state index contributed by atoms with van der Waals surface area (Å²) < 4.78 is 21.4. The van der Waals surface area contributed by atoms with Crippen LogP contribution < -0.4 is 24.8 Å². The third kappa shape index (κ3) is 8.66. The second kappa shape index (κ2) is 14.7. The Morgan fingerprint density at radius 3 is 2.47 bits per heavy atom. The number of hydrogen-bond donors (Lipinski definition) is 2. The SMILES string of the molecule is CCNC(=NCc1cccc(OCCCOC)c1)Nc1ccc(OC)c(OC)c1.I. The minimum atomic E-state index is 0. The van der Waals surface area contributed by atoms with Gasteiger partial charge in [0.2, 0.25) is 0 Å². The molecule has 30 heavy (non-hydrogen) atoms. The van der Waals surface area contributed by atoms with Crippen molar-refractivity contribution < 1.29 is 18.9 Å². The van der Waals surface area contributed by atoms with Gasteiger partial charge in [-0.05, 0) is 36.8 Å². The Morgan fingerprint density at radius 2 is 1.77 bits per heavy atom. The van der Waals surface area contributed by atoms with E-state index in [1.54, 1.807) is 21.3 Å². The van der Waals surface area contributed by atoms with Crippen molar-refractivity contribution >= 4 is 35.6 Å². The van der Waals surface area contributed by atoms with Crippen LogP contribution in [0.5, 0.6) is 17.2 Å². The van der Waals surface area contributed by atoms with E-state index in [0.717, 1.165) is 30.0 Å². The number of nitrogens with zero attached hydrogens (tertiary/aromatic N) is 1. The summed E-state index contributed by atoms with van der Waals surface area (Å²) in [6.45, 7) is 4.63. The van der Waals surface area contributed by atoms with Crippen molar-refractivity contribution in [2.75, 3.05) is 46.4 Å². The highest BCUT2D eigenvalue weighted by atomic mass is 127. The second-order valence-corrected chi connectivity index (χ2v) is 6.23. The Bertz CT molecular complexity index is 787. The third-order valence-electron chi connectivity index (χ3n) is 4.07. The number of ether oxygens (including phenoxy) is 4. The summed E-state index contributed by atoms with van der Waals surface area (Å²) in [4.78, 5) is 4.67. The molecule has 0 unspecified atom stereocenters. The molecule has 166 valence electrons. The summed E-state index contributed by atoms with van der Waals surface area (Å²) >= 11 is 0. The highest BCUT2D eigenvalue weighted by Gasteiger charge is 2.06. The molecule has 0 aliphatic carbocycles.